The summed E-state index contributed by atoms with van der Waals surface area (Å²) in [6.07, 6.45) is 9.57. The van der Waals surface area contributed by atoms with E-state index in [1.165, 1.54) is 0 Å². The van der Waals surface area contributed by atoms with Crippen molar-refractivity contribution in [1.82, 2.24) is 15.5 Å². The minimum atomic E-state index is -0.216. The van der Waals surface area contributed by atoms with Gasteiger partial charge < -0.3 is 15.5 Å². The van der Waals surface area contributed by atoms with E-state index < -0.39 is 0 Å². The summed E-state index contributed by atoms with van der Waals surface area (Å²) in [5.74, 6) is 0.725. The Morgan fingerprint density at radius 1 is 1.21 bits per heavy atom. The van der Waals surface area contributed by atoms with Crippen LogP contribution in [-0.4, -0.2) is 48.6 Å². The number of allylic oxidation sites excluding steroid dienone is 1. The molecule has 29 heavy (non-hydrogen) atoms. The number of fused-ring (bicyclic) bond motifs is 1. The number of aliphatic imine (C=N–C) groups is 1. The van der Waals surface area contributed by atoms with E-state index in [1.807, 2.05) is 41.4 Å². The lowest BCUT2D eigenvalue weighted by atomic mass is 9.90. The Morgan fingerprint density at radius 2 is 2.00 bits per heavy atom. The van der Waals surface area contributed by atoms with Crippen LogP contribution in [0.4, 0.5) is 0 Å². The molecule has 0 bridgehead atoms. The molecule has 5 rings (SSSR count). The number of rotatable bonds is 4. The standard InChI is InChI=1S/C23H26N4O2/c28-21(19-7-6-17-13-24-15-20(17)26-19)25-14-18-12-23(18)8-10-27(11-9-23)22(29)16-4-2-1-3-5-16/h1-6,13,15,18-19,26H,7-12,14H2,(H,25,28). The van der Waals surface area contributed by atoms with Crippen LogP contribution in [0.5, 0.6) is 0 Å². The van der Waals surface area contributed by atoms with Crippen LogP contribution in [0.1, 0.15) is 36.0 Å². The van der Waals surface area contributed by atoms with E-state index in [0.29, 0.717) is 17.8 Å². The molecule has 2 N–H and O–H groups in total. The molecule has 2 atom stereocenters. The number of carbonyl (C=O) groups is 2. The normalized spacial score (nSPS) is 26.3. The molecule has 1 aromatic carbocycles. The molecule has 0 radical (unpaired) electrons. The Hall–Kier alpha value is -2.89. The van der Waals surface area contributed by atoms with E-state index in [0.717, 1.165) is 55.7 Å². The van der Waals surface area contributed by atoms with Crippen LogP contribution in [0.25, 0.3) is 0 Å². The highest BCUT2D eigenvalue weighted by molar-refractivity contribution is 5.94. The van der Waals surface area contributed by atoms with Crippen LogP contribution < -0.4 is 10.6 Å². The zero-order valence-corrected chi connectivity index (χ0v) is 16.4. The second kappa shape index (κ2) is 7.17. The van der Waals surface area contributed by atoms with Crippen LogP contribution in [0.15, 0.2) is 58.9 Å². The van der Waals surface area contributed by atoms with Crippen LogP contribution in [0, 0.1) is 11.3 Å². The zero-order chi connectivity index (χ0) is 19.8. The summed E-state index contributed by atoms with van der Waals surface area (Å²) in [5, 5.41) is 6.42. The number of amides is 2. The number of benzene rings is 1. The first-order chi connectivity index (χ1) is 14.1. The van der Waals surface area contributed by atoms with Gasteiger partial charge in [-0.3, -0.25) is 14.6 Å². The number of piperidine rings is 1. The van der Waals surface area contributed by atoms with Crippen molar-refractivity contribution in [3.63, 3.8) is 0 Å². The summed E-state index contributed by atoms with van der Waals surface area (Å²) in [7, 11) is 0. The lowest BCUT2D eigenvalue weighted by Gasteiger charge is -2.33. The maximum Gasteiger partial charge on any atom is 0.253 e. The third-order valence-corrected chi connectivity index (χ3v) is 6.90. The number of hydrogen-bond donors (Lipinski definition) is 2. The minimum Gasteiger partial charge on any atom is -0.372 e. The van der Waals surface area contributed by atoms with Gasteiger partial charge in [0.1, 0.15) is 6.04 Å². The SMILES string of the molecule is O=C(NCC1CC12CCN(C(=O)c1ccccc1)CC2)C1CC=C2C=NC=C2N1. The Kier molecular flexibility index (Phi) is 4.49. The lowest BCUT2D eigenvalue weighted by Crippen LogP contribution is -2.46. The molecule has 2 amide bonds. The topological polar surface area (TPSA) is 73.8 Å². The molecule has 3 heterocycles. The van der Waals surface area contributed by atoms with Crippen molar-refractivity contribution in [2.45, 2.75) is 31.7 Å². The zero-order valence-electron chi connectivity index (χ0n) is 16.4. The molecule has 6 heteroatoms. The summed E-state index contributed by atoms with van der Waals surface area (Å²) in [5.41, 5.74) is 3.10. The van der Waals surface area contributed by atoms with Gasteiger partial charge in [0.2, 0.25) is 5.91 Å². The molecule has 4 aliphatic rings. The Morgan fingerprint density at radius 3 is 2.79 bits per heavy atom. The molecule has 2 fully saturated rings. The highest BCUT2D eigenvalue weighted by Crippen LogP contribution is 2.59. The lowest BCUT2D eigenvalue weighted by molar-refractivity contribution is -0.123. The van der Waals surface area contributed by atoms with Gasteiger partial charge in [0.25, 0.3) is 5.91 Å². The van der Waals surface area contributed by atoms with Gasteiger partial charge in [-0.15, -0.1) is 0 Å². The van der Waals surface area contributed by atoms with Crippen molar-refractivity contribution in [2.24, 2.45) is 16.3 Å². The van der Waals surface area contributed by atoms with E-state index in [4.69, 9.17) is 0 Å². The van der Waals surface area contributed by atoms with Gasteiger partial charge in [0.15, 0.2) is 0 Å². The van der Waals surface area contributed by atoms with Gasteiger partial charge in [0, 0.05) is 37.0 Å². The van der Waals surface area contributed by atoms with Crippen LogP contribution in [-0.2, 0) is 4.79 Å². The third kappa shape index (κ3) is 3.48. The number of nitrogens with one attached hydrogen (secondary N) is 2. The van der Waals surface area contributed by atoms with Crippen molar-refractivity contribution in [3.05, 3.63) is 59.4 Å². The molecule has 3 aliphatic heterocycles. The number of nitrogens with zero attached hydrogens (tertiary/aromatic N) is 2. The fraction of sp³-hybridized carbons (Fsp3) is 0.435. The Labute approximate surface area is 170 Å². The predicted molar refractivity (Wildman–Crippen MR) is 111 cm³/mol. The Bertz CT molecular complexity index is 910. The second-order valence-corrected chi connectivity index (χ2v) is 8.58. The van der Waals surface area contributed by atoms with Crippen molar-refractivity contribution in [3.8, 4) is 0 Å². The predicted octanol–water partition coefficient (Wildman–Crippen LogP) is 2.26. The largest absolute Gasteiger partial charge is 0.372 e. The number of hydrogen-bond acceptors (Lipinski definition) is 4. The average molecular weight is 390 g/mol. The number of carbonyl (C=O) groups excluding carboxylic acids is 2. The number of likely N-dealkylation sites (tertiary alicyclic amines) is 1. The van der Waals surface area contributed by atoms with Crippen LogP contribution in [0.2, 0.25) is 0 Å². The van der Waals surface area contributed by atoms with Crippen molar-refractivity contribution in [1.29, 1.82) is 0 Å². The molecule has 0 aromatic heterocycles. The summed E-state index contributed by atoms with van der Waals surface area (Å²) >= 11 is 0. The third-order valence-electron chi connectivity index (χ3n) is 6.90. The van der Waals surface area contributed by atoms with Gasteiger partial charge in [-0.05, 0) is 49.1 Å². The molecular weight excluding hydrogens is 364 g/mol. The van der Waals surface area contributed by atoms with E-state index in [1.54, 1.807) is 6.20 Å². The maximum atomic E-state index is 12.6. The van der Waals surface area contributed by atoms with Gasteiger partial charge in [-0.1, -0.05) is 24.3 Å². The summed E-state index contributed by atoms with van der Waals surface area (Å²) < 4.78 is 0. The summed E-state index contributed by atoms with van der Waals surface area (Å²) in [6.45, 7) is 2.35. The highest BCUT2D eigenvalue weighted by atomic mass is 16.2. The molecule has 1 saturated carbocycles. The fourth-order valence-electron chi connectivity index (χ4n) is 4.88. The smallest absolute Gasteiger partial charge is 0.253 e. The first kappa shape index (κ1) is 18.2. The first-order valence-electron chi connectivity index (χ1n) is 10.5. The maximum absolute atomic E-state index is 12.6. The van der Waals surface area contributed by atoms with Gasteiger partial charge in [0.05, 0.1) is 11.9 Å². The van der Waals surface area contributed by atoms with Gasteiger partial charge >= 0.3 is 0 Å². The van der Waals surface area contributed by atoms with E-state index in [-0.39, 0.29) is 17.9 Å². The minimum absolute atomic E-state index is 0.0619. The molecule has 1 aromatic rings. The highest BCUT2D eigenvalue weighted by Gasteiger charge is 2.54. The first-order valence-corrected chi connectivity index (χ1v) is 10.5. The van der Waals surface area contributed by atoms with Crippen molar-refractivity contribution in [2.75, 3.05) is 19.6 Å². The van der Waals surface area contributed by atoms with Gasteiger partial charge in [-0.2, -0.15) is 0 Å². The molecule has 1 spiro atoms. The average Bonchev–Trinajstić information content (AvgIpc) is 3.21. The molecule has 1 aliphatic carbocycles. The monoisotopic (exact) mass is 390 g/mol. The van der Waals surface area contributed by atoms with E-state index in [2.05, 4.69) is 21.7 Å². The van der Waals surface area contributed by atoms with Crippen LogP contribution >= 0.6 is 0 Å². The van der Waals surface area contributed by atoms with E-state index in [9.17, 15) is 9.59 Å². The van der Waals surface area contributed by atoms with Gasteiger partial charge in [-0.25, -0.2) is 0 Å². The van der Waals surface area contributed by atoms with Crippen molar-refractivity contribution < 1.29 is 9.59 Å². The Balaban J connectivity index is 1.09. The molecule has 1 saturated heterocycles. The van der Waals surface area contributed by atoms with Crippen LogP contribution in [0.3, 0.4) is 0 Å². The molecule has 2 unspecified atom stereocenters. The molecule has 150 valence electrons. The van der Waals surface area contributed by atoms with E-state index >= 15 is 0 Å². The molecule has 6 nitrogen and oxygen atoms in total. The quantitative estimate of drug-likeness (QED) is 0.828. The van der Waals surface area contributed by atoms with Crippen molar-refractivity contribution >= 4 is 18.0 Å². The second-order valence-electron chi connectivity index (χ2n) is 8.58. The fourth-order valence-corrected chi connectivity index (χ4v) is 4.88. The molecular formula is C23H26N4O2. The summed E-state index contributed by atoms with van der Waals surface area (Å²) in [4.78, 5) is 31.3. The summed E-state index contributed by atoms with van der Waals surface area (Å²) in [6, 6.07) is 9.30.